The van der Waals surface area contributed by atoms with Crippen molar-refractivity contribution in [1.82, 2.24) is 9.78 Å². The summed E-state index contributed by atoms with van der Waals surface area (Å²) in [7, 11) is 0. The van der Waals surface area contributed by atoms with Gasteiger partial charge in [-0.15, -0.1) is 0 Å². The lowest BCUT2D eigenvalue weighted by molar-refractivity contribution is -0.116. The van der Waals surface area contributed by atoms with Gasteiger partial charge in [0.1, 0.15) is 29.0 Å². The summed E-state index contributed by atoms with van der Waals surface area (Å²) in [5.74, 6) is 0.617. The normalized spacial score (nSPS) is 17.2. The van der Waals surface area contributed by atoms with Crippen LogP contribution >= 0.6 is 0 Å². The van der Waals surface area contributed by atoms with Crippen LogP contribution in [0.15, 0.2) is 66.0 Å². The molecule has 0 unspecified atom stereocenters. The van der Waals surface area contributed by atoms with E-state index in [4.69, 9.17) is 4.74 Å². The quantitative estimate of drug-likeness (QED) is 0.594. The fourth-order valence-corrected chi connectivity index (χ4v) is 4.38. The van der Waals surface area contributed by atoms with Crippen LogP contribution in [0.25, 0.3) is 0 Å². The van der Waals surface area contributed by atoms with Crippen LogP contribution in [0, 0.1) is 5.82 Å². The number of nitrogens with one attached hydrogen (secondary N) is 2. The maximum Gasteiger partial charge on any atom is 0.261 e. The molecule has 0 fully saturated rings. The van der Waals surface area contributed by atoms with Gasteiger partial charge in [-0.05, 0) is 61.7 Å². The molecule has 0 saturated carbocycles. The Morgan fingerprint density at radius 1 is 1.18 bits per heavy atom. The zero-order valence-electron chi connectivity index (χ0n) is 18.1. The number of carbonyl (C=O) groups is 2. The van der Waals surface area contributed by atoms with Gasteiger partial charge in [-0.3, -0.25) is 9.59 Å². The molecule has 0 saturated heterocycles. The van der Waals surface area contributed by atoms with Gasteiger partial charge in [0.15, 0.2) is 5.78 Å². The van der Waals surface area contributed by atoms with Crippen molar-refractivity contribution in [3.05, 3.63) is 82.9 Å². The minimum atomic E-state index is -0.438. The number of nitrogens with zero attached hydrogens (tertiary/aromatic N) is 2. The lowest BCUT2D eigenvalue weighted by Crippen LogP contribution is -2.32. The largest absolute Gasteiger partial charge is 0.494 e. The van der Waals surface area contributed by atoms with Crippen LogP contribution in [-0.4, -0.2) is 28.1 Å². The predicted octanol–water partition coefficient (Wildman–Crippen LogP) is 4.70. The maximum absolute atomic E-state index is 13.2. The zero-order chi connectivity index (χ0) is 22.9. The number of Topliss-reactive ketones (excluding diaryl/α,β-unsaturated/α-hetero) is 1. The van der Waals surface area contributed by atoms with E-state index >= 15 is 0 Å². The van der Waals surface area contributed by atoms with Crippen LogP contribution in [0.1, 0.15) is 48.1 Å². The number of ether oxygens (including phenoxy) is 1. The third kappa shape index (κ3) is 3.88. The van der Waals surface area contributed by atoms with Gasteiger partial charge in [0.05, 0.1) is 12.8 Å². The maximum atomic E-state index is 13.2. The number of carbonyl (C=O) groups excluding carboxylic acids is 2. The minimum absolute atomic E-state index is 0.0844. The Morgan fingerprint density at radius 3 is 2.67 bits per heavy atom. The van der Waals surface area contributed by atoms with Crippen molar-refractivity contribution in [3.63, 3.8) is 0 Å². The number of ketones is 1. The second-order valence-corrected chi connectivity index (χ2v) is 8.01. The molecule has 0 bridgehead atoms. The van der Waals surface area contributed by atoms with E-state index in [9.17, 15) is 14.0 Å². The average Bonchev–Trinajstić information content (AvgIpc) is 3.24. The van der Waals surface area contributed by atoms with E-state index in [2.05, 4.69) is 15.7 Å². The summed E-state index contributed by atoms with van der Waals surface area (Å²) in [5, 5.41) is 10.6. The lowest BCUT2D eigenvalue weighted by Gasteiger charge is -2.33. The summed E-state index contributed by atoms with van der Waals surface area (Å²) in [5.41, 5.74) is 3.23. The van der Waals surface area contributed by atoms with Crippen LogP contribution in [0.5, 0.6) is 5.75 Å². The monoisotopic (exact) mass is 446 g/mol. The highest BCUT2D eigenvalue weighted by molar-refractivity contribution is 6.08. The summed E-state index contributed by atoms with van der Waals surface area (Å²) in [6.07, 6.45) is 3.46. The number of amides is 1. The number of fused-ring (bicyclic) bond motifs is 1. The van der Waals surface area contributed by atoms with Gasteiger partial charge in [0.25, 0.3) is 5.91 Å². The molecule has 0 spiro atoms. The van der Waals surface area contributed by atoms with Crippen LogP contribution < -0.4 is 15.4 Å². The standard InChI is InChI=1S/C25H23FN4O3/c1-2-33-18-12-6-15(7-13-18)23-22-20(4-3-5-21(22)31)29-24-19(14-27-30(23)24)25(32)28-17-10-8-16(26)9-11-17/h6-14,23,29H,2-5H2,1H3,(H,28,32)/t23-/m1/s1. The van der Waals surface area contributed by atoms with Crippen molar-refractivity contribution >= 4 is 23.2 Å². The zero-order valence-corrected chi connectivity index (χ0v) is 18.1. The van der Waals surface area contributed by atoms with Gasteiger partial charge in [0, 0.05) is 23.4 Å². The van der Waals surface area contributed by atoms with E-state index in [0.717, 1.165) is 29.9 Å². The molecule has 1 aliphatic heterocycles. The number of benzene rings is 2. The van der Waals surface area contributed by atoms with Gasteiger partial charge < -0.3 is 15.4 Å². The molecule has 1 aliphatic carbocycles. The van der Waals surface area contributed by atoms with E-state index in [1.165, 1.54) is 30.5 Å². The molecular weight excluding hydrogens is 423 g/mol. The number of aromatic nitrogens is 2. The predicted molar refractivity (Wildman–Crippen MR) is 122 cm³/mol. The molecule has 2 heterocycles. The molecule has 2 aromatic carbocycles. The van der Waals surface area contributed by atoms with Gasteiger partial charge in [-0.25, -0.2) is 9.07 Å². The first-order valence-corrected chi connectivity index (χ1v) is 11.0. The number of rotatable bonds is 5. The first kappa shape index (κ1) is 20.9. The molecule has 1 aromatic heterocycles. The van der Waals surface area contributed by atoms with Gasteiger partial charge in [-0.1, -0.05) is 12.1 Å². The van der Waals surface area contributed by atoms with E-state index < -0.39 is 6.04 Å². The number of anilines is 2. The number of halogens is 1. The number of hydrogen-bond donors (Lipinski definition) is 2. The Kier molecular flexibility index (Phi) is 5.42. The van der Waals surface area contributed by atoms with Crippen molar-refractivity contribution in [3.8, 4) is 5.75 Å². The van der Waals surface area contributed by atoms with Crippen molar-refractivity contribution in [2.24, 2.45) is 0 Å². The highest BCUT2D eigenvalue weighted by Crippen LogP contribution is 2.41. The molecule has 3 aromatic rings. The summed E-state index contributed by atoms with van der Waals surface area (Å²) in [6, 6.07) is 12.7. The Morgan fingerprint density at radius 2 is 1.94 bits per heavy atom. The summed E-state index contributed by atoms with van der Waals surface area (Å²) >= 11 is 0. The molecular formula is C25H23FN4O3. The first-order valence-electron chi connectivity index (χ1n) is 11.0. The molecule has 7 nitrogen and oxygen atoms in total. The average molecular weight is 446 g/mol. The molecule has 1 atom stereocenters. The summed E-state index contributed by atoms with van der Waals surface area (Å²) in [4.78, 5) is 25.9. The lowest BCUT2D eigenvalue weighted by atomic mass is 9.85. The van der Waals surface area contributed by atoms with Crippen molar-refractivity contribution < 1.29 is 18.7 Å². The van der Waals surface area contributed by atoms with E-state index in [1.807, 2.05) is 31.2 Å². The fraction of sp³-hybridized carbons (Fsp3) is 0.240. The number of allylic oxidation sites excluding steroid dienone is 2. The minimum Gasteiger partial charge on any atom is -0.494 e. The molecule has 2 aliphatic rings. The van der Waals surface area contributed by atoms with Gasteiger partial charge in [0.2, 0.25) is 0 Å². The van der Waals surface area contributed by atoms with Gasteiger partial charge >= 0.3 is 0 Å². The molecule has 2 N–H and O–H groups in total. The Labute approximate surface area is 190 Å². The fourth-order valence-electron chi connectivity index (χ4n) is 4.38. The van der Waals surface area contributed by atoms with Crippen molar-refractivity contribution in [1.29, 1.82) is 0 Å². The summed E-state index contributed by atoms with van der Waals surface area (Å²) in [6.45, 7) is 2.49. The van der Waals surface area contributed by atoms with E-state index in [-0.39, 0.29) is 17.5 Å². The van der Waals surface area contributed by atoms with Crippen LogP contribution in [0.4, 0.5) is 15.9 Å². The topological polar surface area (TPSA) is 85.2 Å². The van der Waals surface area contributed by atoms with Crippen LogP contribution in [-0.2, 0) is 4.79 Å². The van der Waals surface area contributed by atoms with E-state index in [0.29, 0.717) is 35.7 Å². The smallest absolute Gasteiger partial charge is 0.261 e. The SMILES string of the molecule is CCOc1ccc([C@@H]2C3=C(CCCC3=O)Nc3c(C(=O)Nc4ccc(F)cc4)cnn32)cc1. The third-order valence-corrected chi connectivity index (χ3v) is 5.89. The summed E-state index contributed by atoms with van der Waals surface area (Å²) < 4.78 is 20.5. The Bertz CT molecular complexity index is 1250. The van der Waals surface area contributed by atoms with Crippen molar-refractivity contribution in [2.75, 3.05) is 17.2 Å². The molecule has 8 heteroatoms. The molecule has 0 radical (unpaired) electrons. The molecule has 5 rings (SSSR count). The third-order valence-electron chi connectivity index (χ3n) is 5.89. The van der Waals surface area contributed by atoms with Crippen molar-refractivity contribution in [2.45, 2.75) is 32.2 Å². The Hall–Kier alpha value is -3.94. The molecule has 168 valence electrons. The highest BCUT2D eigenvalue weighted by atomic mass is 19.1. The van der Waals surface area contributed by atoms with E-state index in [1.54, 1.807) is 4.68 Å². The first-order chi connectivity index (χ1) is 16.0. The molecule has 1 amide bonds. The van der Waals surface area contributed by atoms with Crippen LogP contribution in [0.3, 0.4) is 0 Å². The second-order valence-electron chi connectivity index (χ2n) is 8.01. The van der Waals surface area contributed by atoms with Crippen LogP contribution in [0.2, 0.25) is 0 Å². The molecule has 33 heavy (non-hydrogen) atoms. The van der Waals surface area contributed by atoms with Gasteiger partial charge in [-0.2, -0.15) is 5.10 Å². The Balaban J connectivity index is 1.53. The second kappa shape index (κ2) is 8.54. The highest BCUT2D eigenvalue weighted by Gasteiger charge is 2.37. The number of hydrogen-bond acceptors (Lipinski definition) is 5.